The van der Waals surface area contributed by atoms with Gasteiger partial charge < -0.3 is 4.43 Å². The fourth-order valence-corrected chi connectivity index (χ4v) is 4.73. The van der Waals surface area contributed by atoms with Crippen molar-refractivity contribution in [1.29, 1.82) is 0 Å². The summed E-state index contributed by atoms with van der Waals surface area (Å²) in [5, 5.41) is 11.3. The number of hydrogen-bond acceptors (Lipinski definition) is 4. The Bertz CT molecular complexity index is 461. The van der Waals surface area contributed by atoms with Gasteiger partial charge in [-0.2, -0.15) is 0 Å². The van der Waals surface area contributed by atoms with Crippen molar-refractivity contribution in [2.24, 2.45) is 5.92 Å². The van der Waals surface area contributed by atoms with Gasteiger partial charge in [0.2, 0.25) is 0 Å². The van der Waals surface area contributed by atoms with Crippen molar-refractivity contribution in [3.05, 3.63) is 10.0 Å². The molecule has 20 heavy (non-hydrogen) atoms. The predicted octanol–water partition coefficient (Wildman–Crippen LogP) is 5.13. The van der Waals surface area contributed by atoms with Gasteiger partial charge in [0.25, 0.3) is 0 Å². The molecule has 1 fully saturated rings. The van der Waals surface area contributed by atoms with Gasteiger partial charge in [-0.25, -0.2) is 0 Å². The van der Waals surface area contributed by atoms with Crippen LogP contribution in [-0.2, 0) is 4.43 Å². The van der Waals surface area contributed by atoms with Crippen molar-refractivity contribution in [1.82, 2.24) is 10.2 Å². The van der Waals surface area contributed by atoms with E-state index in [1.807, 2.05) is 0 Å². The first kappa shape index (κ1) is 16.1. The molecule has 1 saturated carbocycles. The minimum Gasteiger partial charge on any atom is -0.408 e. The van der Waals surface area contributed by atoms with Crippen molar-refractivity contribution >= 4 is 19.7 Å². The van der Waals surface area contributed by atoms with E-state index in [-0.39, 0.29) is 11.1 Å². The Hall–Kier alpha value is -0.263. The maximum absolute atomic E-state index is 6.40. The lowest BCUT2D eigenvalue weighted by Crippen LogP contribution is -2.41. The molecule has 2 rings (SSSR count). The second-order valence-corrected chi connectivity index (χ2v) is 13.6. The van der Waals surface area contributed by atoms with Gasteiger partial charge in [-0.05, 0) is 43.8 Å². The van der Waals surface area contributed by atoms with Crippen LogP contribution >= 0.6 is 11.3 Å². The van der Waals surface area contributed by atoms with E-state index in [1.54, 1.807) is 11.3 Å². The van der Waals surface area contributed by atoms with Crippen LogP contribution in [0.5, 0.6) is 0 Å². The Morgan fingerprint density at radius 2 is 1.85 bits per heavy atom. The topological polar surface area (TPSA) is 35.0 Å². The van der Waals surface area contributed by atoms with Crippen LogP contribution in [0.1, 0.15) is 69.5 Å². The molecule has 0 aromatic carbocycles. The minimum atomic E-state index is -1.74. The Labute approximate surface area is 128 Å². The van der Waals surface area contributed by atoms with Crippen LogP contribution in [0.15, 0.2) is 0 Å². The summed E-state index contributed by atoms with van der Waals surface area (Å²) in [6.07, 6.45) is 2.61. The SMILES string of the molecule is C[C@H](O[Si](C)(C)C(C)(C)C)c1nnc([C@H]2C[C@H](C)C2)s1. The van der Waals surface area contributed by atoms with Gasteiger partial charge in [0.15, 0.2) is 8.32 Å². The Morgan fingerprint density at radius 3 is 2.35 bits per heavy atom. The Balaban J connectivity index is 2.01. The highest BCUT2D eigenvalue weighted by Gasteiger charge is 2.39. The molecule has 3 nitrogen and oxygen atoms in total. The van der Waals surface area contributed by atoms with E-state index in [0.717, 1.165) is 10.9 Å². The second-order valence-electron chi connectivity index (χ2n) is 7.77. The van der Waals surface area contributed by atoms with Gasteiger partial charge in [-0.15, -0.1) is 10.2 Å². The molecule has 0 bridgehead atoms. The summed E-state index contributed by atoms with van der Waals surface area (Å²) in [4.78, 5) is 0. The third kappa shape index (κ3) is 3.31. The number of rotatable bonds is 4. The summed E-state index contributed by atoms with van der Waals surface area (Å²) in [6, 6.07) is 0. The lowest BCUT2D eigenvalue weighted by Gasteiger charge is -2.37. The molecule has 0 aliphatic heterocycles. The first-order valence-electron chi connectivity index (χ1n) is 7.61. The Morgan fingerprint density at radius 1 is 1.25 bits per heavy atom. The zero-order valence-electron chi connectivity index (χ0n) is 13.9. The van der Waals surface area contributed by atoms with E-state index in [4.69, 9.17) is 4.43 Å². The van der Waals surface area contributed by atoms with Gasteiger partial charge >= 0.3 is 0 Å². The minimum absolute atomic E-state index is 0.0691. The third-order valence-electron chi connectivity index (χ3n) is 4.80. The lowest BCUT2D eigenvalue weighted by molar-refractivity contribution is 0.201. The molecule has 1 aliphatic rings. The molecule has 0 spiro atoms. The highest BCUT2D eigenvalue weighted by atomic mass is 32.1. The van der Waals surface area contributed by atoms with Crippen molar-refractivity contribution in [3.63, 3.8) is 0 Å². The maximum Gasteiger partial charge on any atom is 0.193 e. The molecular weight excluding hydrogens is 284 g/mol. The summed E-state index contributed by atoms with van der Waals surface area (Å²) in [5.41, 5.74) is 0. The fraction of sp³-hybridized carbons (Fsp3) is 0.867. The van der Waals surface area contributed by atoms with Crippen LogP contribution in [0.2, 0.25) is 18.1 Å². The number of aromatic nitrogens is 2. The van der Waals surface area contributed by atoms with Crippen LogP contribution in [0.3, 0.4) is 0 Å². The molecule has 1 aliphatic carbocycles. The molecule has 0 unspecified atom stereocenters. The molecule has 1 atom stereocenters. The van der Waals surface area contributed by atoms with Gasteiger partial charge in [-0.3, -0.25) is 0 Å². The van der Waals surface area contributed by atoms with Crippen LogP contribution in [0.25, 0.3) is 0 Å². The highest BCUT2D eigenvalue weighted by molar-refractivity contribution is 7.11. The van der Waals surface area contributed by atoms with Crippen molar-refractivity contribution < 1.29 is 4.43 Å². The largest absolute Gasteiger partial charge is 0.408 e. The fourth-order valence-electron chi connectivity index (χ4n) is 2.35. The molecule has 1 aromatic heterocycles. The van der Waals surface area contributed by atoms with Crippen LogP contribution in [0.4, 0.5) is 0 Å². The molecule has 114 valence electrons. The highest BCUT2D eigenvalue weighted by Crippen LogP contribution is 2.44. The van der Waals surface area contributed by atoms with E-state index in [2.05, 4.69) is 57.9 Å². The van der Waals surface area contributed by atoms with E-state index < -0.39 is 8.32 Å². The lowest BCUT2D eigenvalue weighted by atomic mass is 9.77. The van der Waals surface area contributed by atoms with E-state index >= 15 is 0 Å². The smallest absolute Gasteiger partial charge is 0.193 e. The standard InChI is InChI=1S/C15H28N2OSSi/c1-10-8-12(9-10)14-17-16-13(19-14)11(2)18-20(6,7)15(3,4)5/h10-12H,8-9H2,1-7H3/t10-,11-,12-/m0/s1. The predicted molar refractivity (Wildman–Crippen MR) is 87.7 cm³/mol. The maximum atomic E-state index is 6.40. The summed E-state index contributed by atoms with van der Waals surface area (Å²) >= 11 is 1.75. The molecule has 0 amide bonds. The van der Waals surface area contributed by atoms with E-state index in [1.165, 1.54) is 17.8 Å². The second kappa shape index (κ2) is 5.50. The first-order chi connectivity index (χ1) is 9.10. The van der Waals surface area contributed by atoms with Crippen molar-refractivity contribution in [2.75, 3.05) is 0 Å². The molecule has 5 heteroatoms. The number of nitrogens with zero attached hydrogens (tertiary/aromatic N) is 2. The third-order valence-corrected chi connectivity index (χ3v) is 10.6. The van der Waals surface area contributed by atoms with Crippen molar-refractivity contribution in [3.8, 4) is 0 Å². The zero-order chi connectivity index (χ0) is 15.1. The first-order valence-corrected chi connectivity index (χ1v) is 11.3. The Kier molecular flexibility index (Phi) is 4.43. The monoisotopic (exact) mass is 312 g/mol. The zero-order valence-corrected chi connectivity index (χ0v) is 15.7. The van der Waals surface area contributed by atoms with E-state index in [9.17, 15) is 0 Å². The molecule has 1 aromatic rings. The van der Waals surface area contributed by atoms with Gasteiger partial charge in [0, 0.05) is 5.92 Å². The molecule has 0 saturated heterocycles. The average Bonchev–Trinajstić information content (AvgIpc) is 2.71. The van der Waals surface area contributed by atoms with Crippen LogP contribution in [-0.4, -0.2) is 18.5 Å². The molecule has 1 heterocycles. The van der Waals surface area contributed by atoms with Gasteiger partial charge in [0.1, 0.15) is 10.0 Å². The van der Waals surface area contributed by atoms with Gasteiger partial charge in [-0.1, -0.05) is 39.0 Å². The molecular formula is C15H28N2OSSi. The van der Waals surface area contributed by atoms with E-state index in [0.29, 0.717) is 5.92 Å². The molecule has 0 radical (unpaired) electrons. The van der Waals surface area contributed by atoms with Gasteiger partial charge in [0.05, 0.1) is 6.10 Å². The summed E-state index contributed by atoms with van der Waals surface area (Å²) in [6.45, 7) is 15.8. The van der Waals surface area contributed by atoms with Crippen LogP contribution in [0, 0.1) is 5.92 Å². The van der Waals surface area contributed by atoms with Crippen molar-refractivity contribution in [2.45, 2.75) is 77.6 Å². The average molecular weight is 313 g/mol. The quantitative estimate of drug-likeness (QED) is 0.722. The summed E-state index contributed by atoms with van der Waals surface area (Å²) in [5.74, 6) is 1.50. The normalized spacial score (nSPS) is 25.4. The van der Waals surface area contributed by atoms with Crippen LogP contribution < -0.4 is 0 Å². The molecule has 0 N–H and O–H groups in total. The summed E-state index contributed by atoms with van der Waals surface area (Å²) < 4.78 is 6.40. The number of hydrogen-bond donors (Lipinski definition) is 0. The summed E-state index contributed by atoms with van der Waals surface area (Å²) in [7, 11) is -1.74.